The second-order valence-electron chi connectivity index (χ2n) is 5.75. The van der Waals surface area contributed by atoms with E-state index < -0.39 is 0 Å². The third-order valence-electron chi connectivity index (χ3n) is 3.72. The van der Waals surface area contributed by atoms with Gasteiger partial charge >= 0.3 is 0 Å². The van der Waals surface area contributed by atoms with E-state index in [1.807, 2.05) is 32.0 Å². The first-order chi connectivity index (χ1) is 13.1. The molecule has 0 spiro atoms. The zero-order chi connectivity index (χ0) is 19.2. The Bertz CT molecular complexity index is 921. The molecule has 2 aromatic heterocycles. The minimum absolute atomic E-state index is 0.141. The second-order valence-corrected chi connectivity index (χ2v) is 6.69. The summed E-state index contributed by atoms with van der Waals surface area (Å²) in [5, 5.41) is 11.4. The number of thioether (sulfide) groups is 1. The highest BCUT2D eigenvalue weighted by atomic mass is 32.2. The topological polar surface area (TPSA) is 108 Å². The lowest BCUT2D eigenvalue weighted by molar-refractivity contribution is -0.113. The maximum absolute atomic E-state index is 12.3. The van der Waals surface area contributed by atoms with E-state index in [9.17, 15) is 4.79 Å². The van der Waals surface area contributed by atoms with Gasteiger partial charge in [-0.05, 0) is 31.5 Å². The molecule has 0 aliphatic heterocycles. The van der Waals surface area contributed by atoms with E-state index in [1.54, 1.807) is 18.4 Å². The van der Waals surface area contributed by atoms with Crippen LogP contribution >= 0.6 is 11.8 Å². The fourth-order valence-corrected chi connectivity index (χ4v) is 3.06. The third-order valence-corrected chi connectivity index (χ3v) is 4.66. The number of furan rings is 1. The second kappa shape index (κ2) is 8.63. The number of nitrogens with zero attached hydrogens (tertiary/aromatic N) is 3. The largest absolute Gasteiger partial charge is 0.491 e. The Morgan fingerprint density at radius 2 is 2.15 bits per heavy atom. The molecule has 0 fully saturated rings. The molecule has 1 aromatic carbocycles. The van der Waals surface area contributed by atoms with E-state index in [1.165, 1.54) is 16.4 Å². The molecule has 3 rings (SSSR count). The lowest BCUT2D eigenvalue weighted by atomic mass is 10.2. The quantitative estimate of drug-likeness (QED) is 0.452. The number of para-hydroxylation sites is 2. The summed E-state index contributed by atoms with van der Waals surface area (Å²) in [5.41, 5.74) is 1.41. The number of benzene rings is 1. The highest BCUT2D eigenvalue weighted by Crippen LogP contribution is 2.26. The summed E-state index contributed by atoms with van der Waals surface area (Å²) in [6.45, 7) is 4.44. The van der Waals surface area contributed by atoms with Gasteiger partial charge in [-0.15, -0.1) is 10.2 Å². The molecule has 0 bridgehead atoms. The Kier molecular flexibility index (Phi) is 6.02. The number of hydrogen-bond donors (Lipinski definition) is 2. The molecule has 8 nitrogen and oxygen atoms in total. The Balaban J connectivity index is 1.62. The van der Waals surface area contributed by atoms with Crippen LogP contribution in [0.5, 0.6) is 5.75 Å². The van der Waals surface area contributed by atoms with E-state index in [-0.39, 0.29) is 11.7 Å². The fraction of sp³-hybridized carbons (Fsp3) is 0.278. The van der Waals surface area contributed by atoms with Gasteiger partial charge in [0.15, 0.2) is 5.82 Å². The summed E-state index contributed by atoms with van der Waals surface area (Å²) in [6.07, 6.45) is 2.46. The molecule has 0 atom stereocenters. The van der Waals surface area contributed by atoms with Gasteiger partial charge in [0.1, 0.15) is 11.5 Å². The monoisotopic (exact) mass is 387 g/mol. The molecule has 3 N–H and O–H groups in total. The van der Waals surface area contributed by atoms with Crippen LogP contribution < -0.4 is 15.9 Å². The summed E-state index contributed by atoms with van der Waals surface area (Å²) in [6, 6.07) is 9.12. The van der Waals surface area contributed by atoms with Gasteiger partial charge in [0, 0.05) is 0 Å². The summed E-state index contributed by atoms with van der Waals surface area (Å²) in [5.74, 6) is 7.86. The van der Waals surface area contributed by atoms with Crippen LogP contribution in [0.25, 0.3) is 11.4 Å². The highest BCUT2D eigenvalue weighted by molar-refractivity contribution is 7.99. The van der Waals surface area contributed by atoms with Crippen molar-refractivity contribution in [3.63, 3.8) is 0 Å². The van der Waals surface area contributed by atoms with Gasteiger partial charge in [-0.2, -0.15) is 0 Å². The van der Waals surface area contributed by atoms with Crippen molar-refractivity contribution < 1.29 is 13.9 Å². The molecule has 0 aliphatic rings. The number of anilines is 1. The molecule has 0 saturated heterocycles. The maximum Gasteiger partial charge on any atom is 0.234 e. The van der Waals surface area contributed by atoms with Gasteiger partial charge in [-0.1, -0.05) is 30.8 Å². The summed E-state index contributed by atoms with van der Waals surface area (Å²) >= 11 is 1.20. The molecule has 0 aliphatic carbocycles. The van der Waals surface area contributed by atoms with Crippen molar-refractivity contribution in [2.45, 2.75) is 25.4 Å². The van der Waals surface area contributed by atoms with Crippen molar-refractivity contribution in [1.29, 1.82) is 0 Å². The van der Waals surface area contributed by atoms with Gasteiger partial charge in [0.2, 0.25) is 11.1 Å². The summed E-state index contributed by atoms with van der Waals surface area (Å²) < 4.78 is 12.3. The van der Waals surface area contributed by atoms with Crippen LogP contribution in [0.15, 0.2) is 46.2 Å². The summed E-state index contributed by atoms with van der Waals surface area (Å²) in [4.78, 5) is 12.3. The molecule has 2 heterocycles. The number of carbonyl (C=O) groups is 1. The molecule has 0 unspecified atom stereocenters. The molecule has 27 heavy (non-hydrogen) atoms. The van der Waals surface area contributed by atoms with Gasteiger partial charge < -0.3 is 20.3 Å². The van der Waals surface area contributed by atoms with Gasteiger partial charge in [0.05, 0.1) is 29.9 Å². The summed E-state index contributed by atoms with van der Waals surface area (Å²) in [7, 11) is 0. The molecule has 3 aromatic rings. The highest BCUT2D eigenvalue weighted by Gasteiger charge is 2.17. The van der Waals surface area contributed by atoms with Gasteiger partial charge in [-0.25, -0.2) is 4.68 Å². The van der Waals surface area contributed by atoms with Crippen molar-refractivity contribution in [1.82, 2.24) is 14.9 Å². The van der Waals surface area contributed by atoms with E-state index in [4.69, 9.17) is 15.0 Å². The minimum atomic E-state index is -0.184. The number of rotatable bonds is 8. The van der Waals surface area contributed by atoms with Crippen LogP contribution in [-0.4, -0.2) is 33.1 Å². The van der Waals surface area contributed by atoms with Crippen LogP contribution in [-0.2, 0) is 4.79 Å². The molecule has 1 amide bonds. The van der Waals surface area contributed by atoms with Crippen LogP contribution in [0.1, 0.15) is 19.1 Å². The molecule has 0 saturated carbocycles. The van der Waals surface area contributed by atoms with E-state index >= 15 is 0 Å². The SMILES string of the molecule is CCCOc1ccccc1NC(=O)CSc1nnc(-c2ccoc2C)n1N. The predicted molar refractivity (Wildman–Crippen MR) is 104 cm³/mol. The smallest absolute Gasteiger partial charge is 0.234 e. The minimum Gasteiger partial charge on any atom is -0.491 e. The molecular formula is C18H21N5O3S. The van der Waals surface area contributed by atoms with Crippen LogP contribution in [0.3, 0.4) is 0 Å². The third kappa shape index (κ3) is 4.43. The van der Waals surface area contributed by atoms with E-state index in [0.29, 0.717) is 34.8 Å². The molecular weight excluding hydrogens is 366 g/mol. The van der Waals surface area contributed by atoms with E-state index in [2.05, 4.69) is 15.5 Å². The van der Waals surface area contributed by atoms with Gasteiger partial charge in [0.25, 0.3) is 0 Å². The normalized spacial score (nSPS) is 10.7. The Morgan fingerprint density at radius 3 is 2.89 bits per heavy atom. The zero-order valence-electron chi connectivity index (χ0n) is 15.1. The maximum atomic E-state index is 12.3. The number of nitrogens with two attached hydrogens (primary N) is 1. The van der Waals surface area contributed by atoms with Crippen molar-refractivity contribution in [3.8, 4) is 17.1 Å². The number of hydrogen-bond acceptors (Lipinski definition) is 7. The van der Waals surface area contributed by atoms with Crippen molar-refractivity contribution in [3.05, 3.63) is 42.4 Å². The van der Waals surface area contributed by atoms with E-state index in [0.717, 1.165) is 12.0 Å². The first-order valence-corrected chi connectivity index (χ1v) is 9.48. The number of nitrogen functional groups attached to an aromatic ring is 1. The Labute approximate surface area is 161 Å². The number of aromatic nitrogens is 3. The first kappa shape index (κ1) is 18.8. The lowest BCUT2D eigenvalue weighted by Gasteiger charge is -2.11. The number of aryl methyl sites for hydroxylation is 1. The number of carbonyl (C=O) groups excluding carboxylic acids is 1. The van der Waals surface area contributed by atoms with Crippen LogP contribution in [0, 0.1) is 6.92 Å². The average Bonchev–Trinajstić information content (AvgIpc) is 3.24. The van der Waals surface area contributed by atoms with Crippen molar-refractivity contribution >= 4 is 23.4 Å². The number of nitrogens with one attached hydrogen (secondary N) is 1. The fourth-order valence-electron chi connectivity index (χ4n) is 2.40. The average molecular weight is 387 g/mol. The zero-order valence-corrected chi connectivity index (χ0v) is 16.0. The first-order valence-electron chi connectivity index (χ1n) is 8.49. The van der Waals surface area contributed by atoms with Crippen LogP contribution in [0.2, 0.25) is 0 Å². The molecule has 142 valence electrons. The van der Waals surface area contributed by atoms with Gasteiger partial charge in [-0.3, -0.25) is 4.79 Å². The lowest BCUT2D eigenvalue weighted by Crippen LogP contribution is -2.17. The van der Waals surface area contributed by atoms with Crippen molar-refractivity contribution in [2.24, 2.45) is 0 Å². The van der Waals surface area contributed by atoms with Crippen molar-refractivity contribution in [2.75, 3.05) is 23.5 Å². The standard InChI is InChI=1S/C18H21N5O3S/c1-3-9-26-15-7-5-4-6-14(15)20-16(24)11-27-18-22-21-17(23(18)19)13-8-10-25-12(13)2/h4-8,10H,3,9,11,19H2,1-2H3,(H,20,24). The predicted octanol–water partition coefficient (Wildman–Crippen LogP) is 3.08. The molecule has 0 radical (unpaired) electrons. The number of amides is 1. The Morgan fingerprint density at radius 1 is 1.33 bits per heavy atom. The number of ether oxygens (including phenoxy) is 1. The Hall–Kier alpha value is -2.94. The molecule has 9 heteroatoms. The van der Waals surface area contributed by atoms with Crippen LogP contribution in [0.4, 0.5) is 5.69 Å².